The van der Waals surface area contributed by atoms with Gasteiger partial charge in [-0.1, -0.05) is 168 Å². The molecule has 1 atom stereocenters. The number of unbranched alkanes of at least 4 members (excludes halogenated alkanes) is 24. The van der Waals surface area contributed by atoms with E-state index in [4.69, 9.17) is 9.47 Å². The minimum absolute atomic E-state index is 0.00851. The van der Waals surface area contributed by atoms with Crippen molar-refractivity contribution in [1.29, 1.82) is 0 Å². The highest BCUT2D eigenvalue weighted by Crippen LogP contribution is 2.19. The number of aryl methyl sites for hydroxylation is 1. The molecule has 0 fully saturated rings. The third-order valence-corrected chi connectivity index (χ3v) is 8.67. The third kappa shape index (κ3) is 24.5. The first kappa shape index (κ1) is 40.2. The van der Waals surface area contributed by atoms with E-state index in [9.17, 15) is 9.59 Å². The van der Waals surface area contributed by atoms with Crippen molar-refractivity contribution >= 4 is 11.9 Å². The van der Waals surface area contributed by atoms with Crippen LogP contribution in [0, 0.1) is 6.92 Å². The number of hydrogen-bond donors (Lipinski definition) is 1. The van der Waals surface area contributed by atoms with Crippen molar-refractivity contribution in [3.8, 4) is 0 Å². The first-order valence-electron chi connectivity index (χ1n) is 18.9. The molecule has 0 bridgehead atoms. The fourth-order valence-electron chi connectivity index (χ4n) is 5.80. The Morgan fingerprint density at radius 1 is 0.591 bits per heavy atom. The molecule has 0 aliphatic carbocycles. The summed E-state index contributed by atoms with van der Waals surface area (Å²) in [5.41, 5.74) is 0.885. The van der Waals surface area contributed by atoms with Crippen LogP contribution in [-0.2, 0) is 19.1 Å². The summed E-state index contributed by atoms with van der Waals surface area (Å²) in [7, 11) is 0. The number of aromatic nitrogens is 2. The number of carbonyl (C=O) groups is 2. The van der Waals surface area contributed by atoms with E-state index in [-0.39, 0.29) is 18.5 Å². The van der Waals surface area contributed by atoms with Gasteiger partial charge >= 0.3 is 11.9 Å². The van der Waals surface area contributed by atoms with E-state index >= 15 is 0 Å². The van der Waals surface area contributed by atoms with E-state index in [1.54, 1.807) is 6.20 Å². The fourth-order valence-corrected chi connectivity index (χ4v) is 5.80. The molecular weight excluding hydrogens is 548 g/mol. The summed E-state index contributed by atoms with van der Waals surface area (Å²) in [4.78, 5) is 32.4. The van der Waals surface area contributed by atoms with Gasteiger partial charge in [0.1, 0.15) is 6.61 Å². The number of imidazole rings is 1. The highest BCUT2D eigenvalue weighted by Gasteiger charge is 2.21. The Morgan fingerprint density at radius 2 is 0.955 bits per heavy atom. The van der Waals surface area contributed by atoms with Gasteiger partial charge in [-0.05, 0) is 19.8 Å². The molecule has 1 unspecified atom stereocenters. The van der Waals surface area contributed by atoms with Gasteiger partial charge in [0.25, 0.3) is 0 Å². The lowest BCUT2D eigenvalue weighted by Crippen LogP contribution is -2.20. The van der Waals surface area contributed by atoms with Crippen LogP contribution in [0.4, 0.5) is 0 Å². The molecule has 0 amide bonds. The second-order valence-corrected chi connectivity index (χ2v) is 13.1. The largest absolute Gasteiger partial charge is 0.461 e. The average molecular weight is 619 g/mol. The second kappa shape index (κ2) is 29.8. The average Bonchev–Trinajstić information content (AvgIpc) is 3.45. The van der Waals surface area contributed by atoms with Crippen LogP contribution in [0.3, 0.4) is 0 Å². The highest BCUT2D eigenvalue weighted by atomic mass is 16.6. The Kier molecular flexibility index (Phi) is 27.2. The zero-order chi connectivity index (χ0) is 31.9. The lowest BCUT2D eigenvalue weighted by atomic mass is 10.0. The SMILES string of the molecule is CCCCCCCCCCCCCCCC(=O)OCC(OC(=O)CCCCCCCCCCCCCCC)c1ncc(C)[nH]1. The van der Waals surface area contributed by atoms with E-state index < -0.39 is 6.10 Å². The maximum absolute atomic E-state index is 12.6. The number of H-pyrrole nitrogens is 1. The molecule has 1 aromatic heterocycles. The van der Waals surface area contributed by atoms with E-state index in [1.165, 1.54) is 141 Å². The summed E-state index contributed by atoms with van der Waals surface area (Å²) in [5, 5.41) is 0. The first-order valence-corrected chi connectivity index (χ1v) is 18.9. The van der Waals surface area contributed by atoms with Crippen molar-refractivity contribution in [2.24, 2.45) is 0 Å². The van der Waals surface area contributed by atoms with Gasteiger partial charge < -0.3 is 14.5 Å². The quantitative estimate of drug-likeness (QED) is 0.0641. The molecule has 44 heavy (non-hydrogen) atoms. The normalized spacial score (nSPS) is 12.0. The lowest BCUT2D eigenvalue weighted by Gasteiger charge is -2.16. The number of aromatic amines is 1. The lowest BCUT2D eigenvalue weighted by molar-refractivity contribution is -0.160. The van der Waals surface area contributed by atoms with Crippen LogP contribution in [0.5, 0.6) is 0 Å². The van der Waals surface area contributed by atoms with E-state index in [0.717, 1.165) is 31.4 Å². The van der Waals surface area contributed by atoms with Crippen LogP contribution < -0.4 is 0 Å². The Hall–Kier alpha value is -1.85. The number of nitrogens with zero attached hydrogens (tertiary/aromatic N) is 1. The van der Waals surface area contributed by atoms with Crippen molar-refractivity contribution in [3.63, 3.8) is 0 Å². The minimum Gasteiger partial charge on any atom is -0.461 e. The van der Waals surface area contributed by atoms with Crippen LogP contribution in [0.2, 0.25) is 0 Å². The summed E-state index contributed by atoms with van der Waals surface area (Å²) in [6.07, 6.45) is 34.9. The van der Waals surface area contributed by atoms with Crippen molar-refractivity contribution in [3.05, 3.63) is 17.7 Å². The highest BCUT2D eigenvalue weighted by molar-refractivity contribution is 5.70. The van der Waals surface area contributed by atoms with Crippen LogP contribution in [0.25, 0.3) is 0 Å². The van der Waals surface area contributed by atoms with Gasteiger partial charge in [-0.15, -0.1) is 0 Å². The van der Waals surface area contributed by atoms with E-state index in [2.05, 4.69) is 23.8 Å². The maximum Gasteiger partial charge on any atom is 0.306 e. The Bertz CT molecular complexity index is 794. The van der Waals surface area contributed by atoms with Gasteiger partial charge in [0.15, 0.2) is 11.9 Å². The molecular formula is C38H70N2O4. The molecule has 1 heterocycles. The molecule has 1 N–H and O–H groups in total. The Balaban J connectivity index is 2.11. The molecule has 1 aromatic rings. The Labute approximate surface area is 271 Å². The topological polar surface area (TPSA) is 81.3 Å². The van der Waals surface area contributed by atoms with Crippen molar-refractivity contribution in [2.75, 3.05) is 6.61 Å². The van der Waals surface area contributed by atoms with Gasteiger partial charge in [0, 0.05) is 24.7 Å². The molecule has 0 saturated heterocycles. The number of hydrogen-bond acceptors (Lipinski definition) is 5. The summed E-state index contributed by atoms with van der Waals surface area (Å²) >= 11 is 0. The van der Waals surface area contributed by atoms with Crippen molar-refractivity contribution in [2.45, 2.75) is 207 Å². The molecule has 6 heteroatoms. The predicted octanol–water partition coefficient (Wildman–Crippen LogP) is 11.8. The molecule has 256 valence electrons. The molecule has 0 radical (unpaired) electrons. The molecule has 6 nitrogen and oxygen atoms in total. The maximum atomic E-state index is 12.6. The zero-order valence-corrected chi connectivity index (χ0v) is 29.2. The summed E-state index contributed by atoms with van der Waals surface area (Å²) in [6.45, 7) is 6.45. The molecule has 0 aliphatic rings. The van der Waals surface area contributed by atoms with Gasteiger partial charge in [0.05, 0.1) is 0 Å². The zero-order valence-electron chi connectivity index (χ0n) is 29.2. The molecule has 0 saturated carbocycles. The number of esters is 2. The summed E-state index contributed by atoms with van der Waals surface area (Å²) in [5.74, 6) is 0.0588. The van der Waals surface area contributed by atoms with Crippen LogP contribution in [0.1, 0.15) is 211 Å². The smallest absolute Gasteiger partial charge is 0.306 e. The molecule has 1 rings (SSSR count). The predicted molar refractivity (Wildman–Crippen MR) is 184 cm³/mol. The molecule has 0 aromatic carbocycles. The van der Waals surface area contributed by atoms with E-state index in [0.29, 0.717) is 18.7 Å². The Morgan fingerprint density at radius 3 is 1.32 bits per heavy atom. The van der Waals surface area contributed by atoms with Crippen molar-refractivity contribution in [1.82, 2.24) is 9.97 Å². The van der Waals surface area contributed by atoms with Crippen LogP contribution in [-0.4, -0.2) is 28.5 Å². The second-order valence-electron chi connectivity index (χ2n) is 13.1. The number of nitrogens with one attached hydrogen (secondary N) is 1. The standard InChI is InChI=1S/C38H70N2O4/c1-4-6-8-10-12-14-16-18-20-22-24-26-28-30-36(41)43-33-35(38-39-32-34(3)40-38)44-37(42)31-29-27-25-23-21-19-17-15-13-11-9-7-5-2/h32,35H,4-31,33H2,1-3H3,(H,39,40). The van der Waals surface area contributed by atoms with E-state index in [1.807, 2.05) is 6.92 Å². The van der Waals surface area contributed by atoms with Crippen molar-refractivity contribution < 1.29 is 19.1 Å². The van der Waals surface area contributed by atoms with Gasteiger partial charge in [0.2, 0.25) is 0 Å². The first-order chi connectivity index (χ1) is 21.6. The summed E-state index contributed by atoms with van der Waals surface area (Å²) in [6, 6.07) is 0. The number of ether oxygens (including phenoxy) is 2. The number of carbonyl (C=O) groups excluding carboxylic acids is 2. The fraction of sp³-hybridized carbons (Fsp3) is 0.868. The van der Waals surface area contributed by atoms with Crippen LogP contribution in [0.15, 0.2) is 6.20 Å². The molecule has 0 aliphatic heterocycles. The number of rotatable bonds is 32. The van der Waals surface area contributed by atoms with Crippen LogP contribution >= 0.6 is 0 Å². The third-order valence-electron chi connectivity index (χ3n) is 8.67. The van der Waals surface area contributed by atoms with Gasteiger partial charge in [-0.3, -0.25) is 9.59 Å². The molecule has 0 spiro atoms. The minimum atomic E-state index is -0.686. The van der Waals surface area contributed by atoms with Gasteiger partial charge in [-0.25, -0.2) is 4.98 Å². The van der Waals surface area contributed by atoms with Gasteiger partial charge in [-0.2, -0.15) is 0 Å². The summed E-state index contributed by atoms with van der Waals surface area (Å²) < 4.78 is 11.2. The monoisotopic (exact) mass is 619 g/mol.